The lowest BCUT2D eigenvalue weighted by Gasteiger charge is -2.35. The van der Waals surface area contributed by atoms with Gasteiger partial charge in [0.25, 0.3) is 12.0 Å². The van der Waals surface area contributed by atoms with E-state index in [1.165, 1.54) is 12.3 Å². The van der Waals surface area contributed by atoms with Gasteiger partial charge in [0.05, 0.1) is 31.4 Å². The summed E-state index contributed by atoms with van der Waals surface area (Å²) in [5.41, 5.74) is 0.101. The topological polar surface area (TPSA) is 76.4 Å². The molecule has 0 spiro atoms. The van der Waals surface area contributed by atoms with Crippen molar-refractivity contribution in [2.45, 2.75) is 13.0 Å². The van der Waals surface area contributed by atoms with E-state index in [4.69, 9.17) is 4.74 Å². The van der Waals surface area contributed by atoms with Crippen molar-refractivity contribution in [3.8, 4) is 5.75 Å². The van der Waals surface area contributed by atoms with E-state index >= 15 is 0 Å². The maximum Gasteiger partial charge on any atom is 0.269 e. The zero-order chi connectivity index (χ0) is 17.8. The zero-order valence-electron chi connectivity index (χ0n) is 13.7. The number of nitrogens with zero attached hydrogens (tertiary/aromatic N) is 6. The van der Waals surface area contributed by atoms with Gasteiger partial charge in [0.2, 0.25) is 5.95 Å². The molecule has 0 aromatic carbocycles. The Labute approximate surface area is 142 Å². The maximum atomic E-state index is 12.4. The lowest BCUT2D eigenvalue weighted by atomic mass is 10.3. The summed E-state index contributed by atoms with van der Waals surface area (Å²) in [6, 6.07) is 1.34. The first-order valence-corrected chi connectivity index (χ1v) is 7.78. The molecule has 1 fully saturated rings. The van der Waals surface area contributed by atoms with Gasteiger partial charge in [0.15, 0.2) is 5.75 Å². The average Bonchev–Trinajstić information content (AvgIpc) is 2.63. The predicted molar refractivity (Wildman–Crippen MR) is 87.5 cm³/mol. The molecule has 134 valence electrons. The van der Waals surface area contributed by atoms with Crippen LogP contribution in [0.4, 0.5) is 20.4 Å². The molecule has 2 aromatic heterocycles. The number of piperazine rings is 1. The van der Waals surface area contributed by atoms with Gasteiger partial charge in [-0.15, -0.1) is 0 Å². The van der Waals surface area contributed by atoms with E-state index in [9.17, 15) is 13.6 Å². The standard InChI is InChI=1S/C15H18F2N6O2/c1-25-12-8-18-15(19-9-12)22-4-2-21(3-5-22)11-6-14(24)23(20-7-11)10-13(16)17/h6-9,13H,2-5,10H2,1H3. The Hall–Kier alpha value is -2.78. The fourth-order valence-electron chi connectivity index (χ4n) is 2.61. The van der Waals surface area contributed by atoms with E-state index in [2.05, 4.69) is 15.1 Å². The third kappa shape index (κ3) is 4.01. The first kappa shape index (κ1) is 17.1. The molecule has 1 aliphatic rings. The Morgan fingerprint density at radius 2 is 1.76 bits per heavy atom. The lowest BCUT2D eigenvalue weighted by molar-refractivity contribution is 0.119. The molecule has 8 nitrogen and oxygen atoms in total. The van der Waals surface area contributed by atoms with E-state index in [0.717, 1.165) is 4.68 Å². The van der Waals surface area contributed by atoms with E-state index in [-0.39, 0.29) is 0 Å². The highest BCUT2D eigenvalue weighted by Crippen LogP contribution is 2.17. The Balaban J connectivity index is 1.63. The molecule has 0 bridgehead atoms. The molecule has 0 amide bonds. The van der Waals surface area contributed by atoms with Gasteiger partial charge in [-0.3, -0.25) is 4.79 Å². The Kier molecular flexibility index (Phi) is 5.05. The zero-order valence-corrected chi connectivity index (χ0v) is 13.7. The van der Waals surface area contributed by atoms with Crippen molar-refractivity contribution in [3.05, 3.63) is 35.0 Å². The first-order valence-electron chi connectivity index (χ1n) is 7.78. The van der Waals surface area contributed by atoms with E-state index in [1.54, 1.807) is 19.5 Å². The summed E-state index contributed by atoms with van der Waals surface area (Å²) in [5.74, 6) is 1.21. The number of hydrogen-bond donors (Lipinski definition) is 0. The van der Waals surface area contributed by atoms with Gasteiger partial charge in [0, 0.05) is 32.2 Å². The van der Waals surface area contributed by atoms with Gasteiger partial charge in [-0.05, 0) is 0 Å². The first-order chi connectivity index (χ1) is 12.1. The van der Waals surface area contributed by atoms with Crippen molar-refractivity contribution in [2.24, 2.45) is 0 Å². The minimum atomic E-state index is -2.61. The number of aromatic nitrogens is 4. The second kappa shape index (κ2) is 7.41. The van der Waals surface area contributed by atoms with Crippen LogP contribution in [0.25, 0.3) is 0 Å². The highest BCUT2D eigenvalue weighted by molar-refractivity contribution is 5.45. The highest BCUT2D eigenvalue weighted by Gasteiger charge is 2.20. The maximum absolute atomic E-state index is 12.4. The number of hydrogen-bond acceptors (Lipinski definition) is 7. The van der Waals surface area contributed by atoms with Crippen LogP contribution < -0.4 is 20.1 Å². The van der Waals surface area contributed by atoms with Crippen LogP contribution in [0.3, 0.4) is 0 Å². The molecule has 0 unspecified atom stereocenters. The minimum absolute atomic E-state index is 0.529. The molecule has 1 saturated heterocycles. The second-order valence-corrected chi connectivity index (χ2v) is 5.52. The van der Waals surface area contributed by atoms with Crippen LogP contribution in [0.1, 0.15) is 0 Å². The molecule has 3 rings (SSSR count). The third-order valence-corrected chi connectivity index (χ3v) is 3.94. The van der Waals surface area contributed by atoms with Crippen molar-refractivity contribution < 1.29 is 13.5 Å². The Bertz CT molecular complexity index is 759. The number of ether oxygens (including phenoxy) is 1. The second-order valence-electron chi connectivity index (χ2n) is 5.52. The smallest absolute Gasteiger partial charge is 0.269 e. The molecule has 0 saturated carbocycles. The van der Waals surface area contributed by atoms with Crippen LogP contribution in [0.5, 0.6) is 5.75 Å². The fraction of sp³-hybridized carbons (Fsp3) is 0.467. The van der Waals surface area contributed by atoms with Crippen LogP contribution in [-0.4, -0.2) is 59.5 Å². The SMILES string of the molecule is COc1cnc(N2CCN(c3cnn(CC(F)F)c(=O)c3)CC2)nc1. The Morgan fingerprint density at radius 3 is 2.32 bits per heavy atom. The van der Waals surface area contributed by atoms with Crippen LogP contribution in [0, 0.1) is 0 Å². The van der Waals surface area contributed by atoms with Gasteiger partial charge in [-0.25, -0.2) is 23.4 Å². The largest absolute Gasteiger partial charge is 0.494 e. The van der Waals surface area contributed by atoms with Crippen LogP contribution >= 0.6 is 0 Å². The summed E-state index contributed by atoms with van der Waals surface area (Å²) in [4.78, 5) is 24.4. The molecule has 0 aliphatic carbocycles. The molecule has 1 aliphatic heterocycles. The molecular formula is C15H18F2N6O2. The van der Waals surface area contributed by atoms with Crippen LogP contribution in [-0.2, 0) is 6.54 Å². The summed E-state index contributed by atoms with van der Waals surface area (Å²) in [5, 5.41) is 3.82. The summed E-state index contributed by atoms with van der Waals surface area (Å²) in [6.07, 6.45) is 2.07. The molecule has 0 radical (unpaired) electrons. The monoisotopic (exact) mass is 352 g/mol. The number of anilines is 2. The molecule has 3 heterocycles. The molecule has 25 heavy (non-hydrogen) atoms. The lowest BCUT2D eigenvalue weighted by Crippen LogP contribution is -2.47. The summed E-state index contributed by atoms with van der Waals surface area (Å²) in [7, 11) is 1.56. The molecule has 10 heteroatoms. The molecule has 0 atom stereocenters. The van der Waals surface area contributed by atoms with Gasteiger partial charge >= 0.3 is 0 Å². The van der Waals surface area contributed by atoms with E-state index < -0.39 is 18.5 Å². The third-order valence-electron chi connectivity index (χ3n) is 3.94. The molecular weight excluding hydrogens is 334 g/mol. The van der Waals surface area contributed by atoms with Gasteiger partial charge in [-0.1, -0.05) is 0 Å². The van der Waals surface area contributed by atoms with Crippen molar-refractivity contribution in [3.63, 3.8) is 0 Å². The average molecular weight is 352 g/mol. The number of halogens is 2. The van der Waals surface area contributed by atoms with Gasteiger partial charge in [0.1, 0.15) is 6.54 Å². The van der Waals surface area contributed by atoms with Crippen molar-refractivity contribution in [1.82, 2.24) is 19.7 Å². The van der Waals surface area contributed by atoms with Crippen molar-refractivity contribution in [1.29, 1.82) is 0 Å². The Morgan fingerprint density at radius 1 is 1.12 bits per heavy atom. The summed E-state index contributed by atoms with van der Waals surface area (Å²) < 4.78 is 30.6. The molecule has 0 N–H and O–H groups in total. The quantitative estimate of drug-likeness (QED) is 0.781. The van der Waals surface area contributed by atoms with Crippen LogP contribution in [0.2, 0.25) is 0 Å². The fourth-order valence-corrected chi connectivity index (χ4v) is 2.61. The summed E-state index contributed by atoms with van der Waals surface area (Å²) >= 11 is 0. The van der Waals surface area contributed by atoms with E-state index in [1.807, 2.05) is 9.80 Å². The predicted octanol–water partition coefficient (Wildman–Crippen LogP) is 0.634. The van der Waals surface area contributed by atoms with E-state index in [0.29, 0.717) is 43.6 Å². The van der Waals surface area contributed by atoms with Crippen molar-refractivity contribution in [2.75, 3.05) is 43.1 Å². The number of methoxy groups -OCH3 is 1. The molecule has 2 aromatic rings. The van der Waals surface area contributed by atoms with Crippen molar-refractivity contribution >= 4 is 11.6 Å². The number of alkyl halides is 2. The van der Waals surface area contributed by atoms with Gasteiger partial charge < -0.3 is 14.5 Å². The summed E-state index contributed by atoms with van der Waals surface area (Å²) in [6.45, 7) is 1.95. The van der Waals surface area contributed by atoms with Crippen LogP contribution in [0.15, 0.2) is 29.5 Å². The number of rotatable bonds is 5. The highest BCUT2D eigenvalue weighted by atomic mass is 19.3. The minimum Gasteiger partial charge on any atom is -0.494 e. The van der Waals surface area contributed by atoms with Gasteiger partial charge in [-0.2, -0.15) is 5.10 Å². The normalized spacial score (nSPS) is 14.9.